The predicted octanol–water partition coefficient (Wildman–Crippen LogP) is 4.43. The van der Waals surface area contributed by atoms with Gasteiger partial charge in [-0.05, 0) is 42.5 Å². The number of fused-ring (bicyclic) bond motifs is 1. The minimum absolute atomic E-state index is 0.246. The van der Waals surface area contributed by atoms with Gasteiger partial charge in [0.2, 0.25) is 0 Å². The maximum atomic E-state index is 12.8. The number of aromatic nitrogens is 2. The molecule has 0 atom stereocenters. The summed E-state index contributed by atoms with van der Waals surface area (Å²) in [5, 5.41) is 0.545. The molecule has 0 unspecified atom stereocenters. The van der Waals surface area contributed by atoms with Gasteiger partial charge in [0.15, 0.2) is 0 Å². The number of hydrogen-bond donors (Lipinski definition) is 0. The van der Waals surface area contributed by atoms with Crippen LogP contribution < -0.4 is 9.64 Å². The molecule has 0 amide bonds. The van der Waals surface area contributed by atoms with E-state index in [0.29, 0.717) is 11.2 Å². The van der Waals surface area contributed by atoms with Crippen molar-refractivity contribution >= 4 is 22.4 Å². The van der Waals surface area contributed by atoms with Gasteiger partial charge in [-0.25, -0.2) is 9.97 Å². The van der Waals surface area contributed by atoms with Gasteiger partial charge in [-0.2, -0.15) is 13.2 Å². The average molecular weight is 333 g/mol. The molecule has 0 fully saturated rings. The Kier molecular flexibility index (Phi) is 4.01. The molecule has 0 bridgehead atoms. The van der Waals surface area contributed by atoms with E-state index >= 15 is 0 Å². The van der Waals surface area contributed by atoms with Crippen LogP contribution in [0.1, 0.15) is 5.56 Å². The monoisotopic (exact) mass is 333 g/mol. The van der Waals surface area contributed by atoms with E-state index in [0.717, 1.165) is 23.6 Å². The zero-order valence-electron chi connectivity index (χ0n) is 13.0. The van der Waals surface area contributed by atoms with Crippen molar-refractivity contribution < 1.29 is 17.9 Å². The summed E-state index contributed by atoms with van der Waals surface area (Å²) in [7, 11) is 3.37. The second kappa shape index (κ2) is 5.99. The molecular formula is C17H14F3N3O. The van der Waals surface area contributed by atoms with Crippen molar-refractivity contribution in [2.45, 2.75) is 6.18 Å². The van der Waals surface area contributed by atoms with Crippen LogP contribution >= 0.6 is 0 Å². The third-order valence-electron chi connectivity index (χ3n) is 3.72. The minimum atomic E-state index is -4.40. The first-order chi connectivity index (χ1) is 11.4. The molecule has 2 aromatic carbocycles. The molecule has 0 saturated heterocycles. The molecule has 124 valence electrons. The number of benzene rings is 2. The van der Waals surface area contributed by atoms with Crippen molar-refractivity contribution in [2.75, 3.05) is 19.1 Å². The van der Waals surface area contributed by atoms with Crippen LogP contribution in [-0.4, -0.2) is 24.1 Å². The van der Waals surface area contributed by atoms with Crippen molar-refractivity contribution in [1.29, 1.82) is 0 Å². The molecule has 0 spiro atoms. The third-order valence-corrected chi connectivity index (χ3v) is 3.72. The van der Waals surface area contributed by atoms with Crippen LogP contribution in [0.4, 0.5) is 24.7 Å². The number of methoxy groups -OCH3 is 1. The first-order valence-electron chi connectivity index (χ1n) is 7.10. The summed E-state index contributed by atoms with van der Waals surface area (Å²) in [6, 6.07) is 10.8. The number of alkyl halides is 3. The normalized spacial score (nSPS) is 11.5. The number of nitrogens with zero attached hydrogens (tertiary/aromatic N) is 3. The predicted molar refractivity (Wildman–Crippen MR) is 85.6 cm³/mol. The standard InChI is InChI=1S/C17H14F3N3O/c1-23(12-4-6-13(24-2)7-5-12)16-14-8-3-11(17(18,19)20)9-15(14)21-10-22-16/h3-10H,1-2H3. The Morgan fingerprint density at radius 3 is 2.33 bits per heavy atom. The zero-order chi connectivity index (χ0) is 17.3. The minimum Gasteiger partial charge on any atom is -0.497 e. The molecule has 24 heavy (non-hydrogen) atoms. The molecule has 3 rings (SSSR count). The van der Waals surface area contributed by atoms with Crippen molar-refractivity contribution in [3.8, 4) is 5.75 Å². The summed E-state index contributed by atoms with van der Waals surface area (Å²) in [5.74, 6) is 1.24. The number of hydrogen-bond acceptors (Lipinski definition) is 4. The second-order valence-corrected chi connectivity index (χ2v) is 5.18. The van der Waals surface area contributed by atoms with Crippen molar-refractivity contribution in [3.63, 3.8) is 0 Å². The van der Waals surface area contributed by atoms with E-state index in [1.807, 2.05) is 12.1 Å². The van der Waals surface area contributed by atoms with Gasteiger partial charge in [0, 0.05) is 18.1 Å². The van der Waals surface area contributed by atoms with Gasteiger partial charge in [0.05, 0.1) is 18.2 Å². The van der Waals surface area contributed by atoms with E-state index in [-0.39, 0.29) is 5.52 Å². The molecule has 4 nitrogen and oxygen atoms in total. The van der Waals surface area contributed by atoms with Crippen LogP contribution in [0.5, 0.6) is 5.75 Å². The van der Waals surface area contributed by atoms with Crippen LogP contribution in [0.15, 0.2) is 48.8 Å². The Hall–Kier alpha value is -2.83. The highest BCUT2D eigenvalue weighted by Crippen LogP contribution is 2.34. The molecule has 7 heteroatoms. The Balaban J connectivity index is 2.05. The lowest BCUT2D eigenvalue weighted by Crippen LogP contribution is -2.12. The first-order valence-corrected chi connectivity index (χ1v) is 7.10. The summed E-state index contributed by atoms with van der Waals surface area (Å²) in [6.45, 7) is 0. The summed E-state index contributed by atoms with van der Waals surface area (Å²) in [5.41, 5.74) is 0.345. The first kappa shape index (κ1) is 16.0. The largest absolute Gasteiger partial charge is 0.497 e. The lowest BCUT2D eigenvalue weighted by molar-refractivity contribution is -0.137. The van der Waals surface area contributed by atoms with Gasteiger partial charge in [0.25, 0.3) is 0 Å². The van der Waals surface area contributed by atoms with Gasteiger partial charge < -0.3 is 9.64 Å². The molecule has 1 aromatic heterocycles. The number of anilines is 2. The fraction of sp³-hybridized carbons (Fsp3) is 0.176. The molecular weight excluding hydrogens is 319 g/mol. The summed E-state index contributed by atoms with van der Waals surface area (Å²) >= 11 is 0. The lowest BCUT2D eigenvalue weighted by Gasteiger charge is -2.20. The lowest BCUT2D eigenvalue weighted by atomic mass is 10.1. The quantitative estimate of drug-likeness (QED) is 0.711. The smallest absolute Gasteiger partial charge is 0.416 e. The Labute approximate surface area is 136 Å². The van der Waals surface area contributed by atoms with Crippen molar-refractivity contribution in [1.82, 2.24) is 9.97 Å². The second-order valence-electron chi connectivity index (χ2n) is 5.18. The third kappa shape index (κ3) is 2.97. The number of halogens is 3. The highest BCUT2D eigenvalue weighted by molar-refractivity contribution is 5.91. The molecule has 0 aliphatic carbocycles. The van der Waals surface area contributed by atoms with E-state index in [2.05, 4.69) is 9.97 Å². The molecule has 0 aliphatic heterocycles. The van der Waals surface area contributed by atoms with Gasteiger partial charge >= 0.3 is 6.18 Å². The number of ether oxygens (including phenoxy) is 1. The van der Waals surface area contributed by atoms with Crippen molar-refractivity contribution in [3.05, 3.63) is 54.4 Å². The molecule has 0 aliphatic rings. The van der Waals surface area contributed by atoms with Gasteiger partial charge in [0.1, 0.15) is 17.9 Å². The van der Waals surface area contributed by atoms with Gasteiger partial charge in [-0.3, -0.25) is 0 Å². The van der Waals surface area contributed by atoms with Gasteiger partial charge in [-0.15, -0.1) is 0 Å². The summed E-state index contributed by atoms with van der Waals surface area (Å²) in [4.78, 5) is 9.97. The van der Waals surface area contributed by atoms with E-state index in [1.165, 1.54) is 12.4 Å². The van der Waals surface area contributed by atoms with Crippen LogP contribution in [0.2, 0.25) is 0 Å². The molecule has 0 N–H and O–H groups in total. The van der Waals surface area contributed by atoms with E-state index < -0.39 is 11.7 Å². The maximum Gasteiger partial charge on any atom is 0.416 e. The Bertz CT molecular complexity index is 863. The molecule has 1 heterocycles. The number of rotatable bonds is 3. The van der Waals surface area contributed by atoms with E-state index in [9.17, 15) is 13.2 Å². The highest BCUT2D eigenvalue weighted by atomic mass is 19.4. The highest BCUT2D eigenvalue weighted by Gasteiger charge is 2.30. The topological polar surface area (TPSA) is 38.2 Å². The van der Waals surface area contributed by atoms with Crippen molar-refractivity contribution in [2.24, 2.45) is 0 Å². The van der Waals surface area contributed by atoms with E-state index in [4.69, 9.17) is 4.74 Å². The van der Waals surface area contributed by atoms with Crippen LogP contribution in [0.3, 0.4) is 0 Å². The van der Waals surface area contributed by atoms with E-state index in [1.54, 1.807) is 31.2 Å². The maximum absolute atomic E-state index is 12.8. The molecule has 0 saturated carbocycles. The fourth-order valence-corrected chi connectivity index (χ4v) is 2.41. The van der Waals surface area contributed by atoms with Crippen LogP contribution in [0.25, 0.3) is 10.9 Å². The molecule has 3 aromatic rings. The summed E-state index contributed by atoms with van der Waals surface area (Å²) < 4.78 is 43.7. The Morgan fingerprint density at radius 1 is 1.00 bits per heavy atom. The van der Waals surface area contributed by atoms with Gasteiger partial charge in [-0.1, -0.05) is 0 Å². The zero-order valence-corrected chi connectivity index (χ0v) is 13.0. The van der Waals surface area contributed by atoms with Crippen LogP contribution in [-0.2, 0) is 6.18 Å². The average Bonchev–Trinajstić information content (AvgIpc) is 2.59. The van der Waals surface area contributed by atoms with Crippen LogP contribution in [0, 0.1) is 0 Å². The fourth-order valence-electron chi connectivity index (χ4n) is 2.41. The summed E-state index contributed by atoms with van der Waals surface area (Å²) in [6.07, 6.45) is -3.14. The SMILES string of the molecule is COc1ccc(N(C)c2ncnc3cc(C(F)(F)F)ccc23)cc1. The Morgan fingerprint density at radius 2 is 1.71 bits per heavy atom. The molecule has 0 radical (unpaired) electrons.